The van der Waals surface area contributed by atoms with Crippen LogP contribution in [0.1, 0.15) is 72.7 Å². The number of nitrogens with zero attached hydrogens (tertiary/aromatic N) is 4. The molecular formula is C35H40ClN5O3S. The number of carbonyl (C=O) groups is 1. The number of halogens is 1. The number of hydrogen-bond acceptors (Lipinski definition) is 5. The molecule has 0 radical (unpaired) electrons. The van der Waals surface area contributed by atoms with Crippen molar-refractivity contribution >= 4 is 38.6 Å². The predicted molar refractivity (Wildman–Crippen MR) is 177 cm³/mol. The molecule has 3 aliphatic heterocycles. The van der Waals surface area contributed by atoms with Crippen molar-refractivity contribution in [1.82, 2.24) is 19.4 Å². The fourth-order valence-corrected chi connectivity index (χ4v) is 9.16. The average Bonchev–Trinajstić information content (AvgIpc) is 3.50. The molecule has 236 valence electrons. The summed E-state index contributed by atoms with van der Waals surface area (Å²) in [6.45, 7) is 4.33. The molecule has 3 aromatic carbocycles. The summed E-state index contributed by atoms with van der Waals surface area (Å²) in [5, 5.41) is 5.56. The molecule has 0 spiro atoms. The topological polar surface area (TPSA) is 102 Å². The average molecular weight is 646 g/mol. The molecule has 4 heterocycles. The second kappa shape index (κ2) is 11.8. The van der Waals surface area contributed by atoms with Gasteiger partial charge < -0.3 is 9.47 Å². The Hall–Kier alpha value is -3.24. The number of imidazole rings is 1. The molecule has 1 unspecified atom stereocenters. The smallest absolute Gasteiger partial charge is 0.255 e. The number of aromatic nitrogens is 2. The van der Waals surface area contributed by atoms with Gasteiger partial charge in [-0.15, -0.1) is 0 Å². The number of likely N-dealkylation sites (tertiary alicyclic amines) is 1. The zero-order chi connectivity index (χ0) is 31.3. The van der Waals surface area contributed by atoms with E-state index < -0.39 is 10.0 Å². The van der Waals surface area contributed by atoms with Crippen molar-refractivity contribution in [3.05, 3.63) is 94.8 Å². The summed E-state index contributed by atoms with van der Waals surface area (Å²) >= 11 is 6.37. The summed E-state index contributed by atoms with van der Waals surface area (Å²) in [5.41, 5.74) is 3.79. The number of benzene rings is 3. The summed E-state index contributed by atoms with van der Waals surface area (Å²) in [6.07, 6.45) is 7.48. The van der Waals surface area contributed by atoms with Crippen LogP contribution >= 0.6 is 11.6 Å². The summed E-state index contributed by atoms with van der Waals surface area (Å²) in [4.78, 5) is 22.9. The molecule has 4 aromatic rings. The summed E-state index contributed by atoms with van der Waals surface area (Å²) in [5.74, 6) is 0.852. The van der Waals surface area contributed by atoms with Gasteiger partial charge in [0, 0.05) is 31.2 Å². The lowest BCUT2D eigenvalue weighted by molar-refractivity contribution is 0.0607. The monoisotopic (exact) mass is 645 g/mol. The van der Waals surface area contributed by atoms with E-state index in [9.17, 15) is 13.2 Å². The van der Waals surface area contributed by atoms with Gasteiger partial charge in [-0.05, 0) is 99.7 Å². The number of amides is 1. The fraction of sp³-hybridized carbons (Fsp3) is 0.429. The number of hydrogen-bond donors (Lipinski definition) is 1. The van der Waals surface area contributed by atoms with Crippen LogP contribution in [0.2, 0.25) is 5.02 Å². The fourth-order valence-electron chi connectivity index (χ4n) is 8.42. The Balaban J connectivity index is 1.07. The number of fused-ring (bicyclic) bond motifs is 3. The van der Waals surface area contributed by atoms with Gasteiger partial charge in [-0.1, -0.05) is 54.1 Å². The van der Waals surface area contributed by atoms with Gasteiger partial charge in [-0.2, -0.15) is 0 Å². The van der Waals surface area contributed by atoms with Crippen molar-refractivity contribution in [1.29, 1.82) is 0 Å². The van der Waals surface area contributed by atoms with Crippen molar-refractivity contribution in [3.63, 3.8) is 0 Å². The maximum Gasteiger partial charge on any atom is 0.255 e. The van der Waals surface area contributed by atoms with Crippen LogP contribution in [0.3, 0.4) is 0 Å². The van der Waals surface area contributed by atoms with Crippen LogP contribution in [0.5, 0.6) is 0 Å². The molecule has 7 rings (SSSR count). The number of nitrogens with two attached hydrogens (primary N) is 1. The van der Waals surface area contributed by atoms with Crippen molar-refractivity contribution in [2.75, 3.05) is 19.6 Å². The van der Waals surface area contributed by atoms with Crippen LogP contribution < -0.4 is 5.14 Å². The number of sulfonamides is 1. The Kier molecular flexibility index (Phi) is 8.01. The third-order valence-electron chi connectivity index (χ3n) is 10.7. The van der Waals surface area contributed by atoms with Gasteiger partial charge in [-0.25, -0.2) is 18.5 Å². The van der Waals surface area contributed by atoms with Gasteiger partial charge >= 0.3 is 0 Å². The van der Waals surface area contributed by atoms with Crippen molar-refractivity contribution in [2.45, 2.75) is 80.3 Å². The molecule has 3 fully saturated rings. The number of carbonyl (C=O) groups excluding carboxylic acids is 1. The number of piperidine rings is 2. The maximum absolute atomic E-state index is 13.6. The first-order chi connectivity index (χ1) is 21.6. The minimum Gasteiger partial charge on any atom is -0.339 e. The van der Waals surface area contributed by atoms with E-state index >= 15 is 0 Å². The van der Waals surface area contributed by atoms with Crippen LogP contribution in [0.15, 0.2) is 77.7 Å². The third kappa shape index (κ3) is 5.69. The minimum absolute atomic E-state index is 0.0439. The Labute approximate surface area is 270 Å². The van der Waals surface area contributed by atoms with Crippen LogP contribution in [0.4, 0.5) is 0 Å². The standard InChI is InChI=1S/C35H40ClN5O3S/c1-24-38-32-9-5-6-10-33(32)41(24)28-21-26-11-12-27(22-28)40(26)20-17-35(25-7-3-2-4-8-25)15-18-39(19-16-35)34(42)30-23-29(45(37,43)44)13-14-31(30)36/h2-10,13-14,23,26-28H,11-12,15-22H2,1H3,(H2,37,43,44)/t26-,27+,28?. The lowest BCUT2D eigenvalue weighted by Gasteiger charge is -2.45. The first-order valence-electron chi connectivity index (χ1n) is 16.0. The SMILES string of the molecule is Cc1nc2ccccc2n1C1C[C@H]2CC[C@@H](C1)N2CCC1(c2ccccc2)CCN(C(=O)c2cc(S(N)(=O)=O)ccc2Cl)CC1. The highest BCUT2D eigenvalue weighted by molar-refractivity contribution is 7.89. The maximum atomic E-state index is 13.6. The Bertz CT molecular complexity index is 1820. The van der Waals surface area contributed by atoms with Crippen LogP contribution in [-0.4, -0.2) is 65.4 Å². The van der Waals surface area contributed by atoms with E-state index in [1.807, 2.05) is 4.90 Å². The van der Waals surface area contributed by atoms with Gasteiger partial charge in [0.1, 0.15) is 5.82 Å². The van der Waals surface area contributed by atoms with Crippen molar-refractivity contribution in [2.24, 2.45) is 5.14 Å². The molecule has 3 aliphatic rings. The van der Waals surface area contributed by atoms with E-state index in [1.165, 1.54) is 42.1 Å². The molecule has 1 aromatic heterocycles. The van der Waals surface area contributed by atoms with E-state index in [0.717, 1.165) is 50.0 Å². The Morgan fingerprint density at radius 2 is 1.62 bits per heavy atom. The van der Waals surface area contributed by atoms with Crippen LogP contribution in [0, 0.1) is 6.92 Å². The molecule has 2 bridgehead atoms. The molecule has 0 aliphatic carbocycles. The first-order valence-corrected chi connectivity index (χ1v) is 17.9. The molecule has 45 heavy (non-hydrogen) atoms. The zero-order valence-corrected chi connectivity index (χ0v) is 27.2. The molecular weight excluding hydrogens is 606 g/mol. The lowest BCUT2D eigenvalue weighted by atomic mass is 9.70. The molecule has 1 amide bonds. The highest BCUT2D eigenvalue weighted by atomic mass is 35.5. The van der Waals surface area contributed by atoms with Crippen LogP contribution in [0.25, 0.3) is 11.0 Å². The van der Waals surface area contributed by atoms with E-state index in [0.29, 0.717) is 31.2 Å². The number of rotatable bonds is 7. The quantitative estimate of drug-likeness (QED) is 0.263. The largest absolute Gasteiger partial charge is 0.339 e. The molecule has 8 nitrogen and oxygen atoms in total. The number of primary sulfonamides is 1. The van der Waals surface area contributed by atoms with E-state index in [-0.39, 0.29) is 26.8 Å². The van der Waals surface area contributed by atoms with Crippen molar-refractivity contribution < 1.29 is 13.2 Å². The normalized spacial score (nSPS) is 23.4. The summed E-state index contributed by atoms with van der Waals surface area (Å²) < 4.78 is 26.4. The molecule has 0 saturated carbocycles. The lowest BCUT2D eigenvalue weighted by Crippen LogP contribution is -2.49. The predicted octanol–water partition coefficient (Wildman–Crippen LogP) is 6.08. The van der Waals surface area contributed by atoms with E-state index in [2.05, 4.69) is 71.0 Å². The number of para-hydroxylation sites is 2. The van der Waals surface area contributed by atoms with Gasteiger partial charge in [-0.3, -0.25) is 9.69 Å². The first kappa shape index (κ1) is 30.4. The molecule has 10 heteroatoms. The Morgan fingerprint density at radius 1 is 0.956 bits per heavy atom. The second-order valence-electron chi connectivity index (χ2n) is 13.1. The minimum atomic E-state index is -3.95. The summed E-state index contributed by atoms with van der Waals surface area (Å²) in [6, 6.07) is 24.9. The number of aryl methyl sites for hydroxylation is 1. The molecule has 3 atom stereocenters. The highest BCUT2D eigenvalue weighted by Crippen LogP contribution is 2.45. The van der Waals surface area contributed by atoms with Gasteiger partial charge in [0.25, 0.3) is 5.91 Å². The summed E-state index contributed by atoms with van der Waals surface area (Å²) in [7, 11) is -3.95. The molecule has 2 N–H and O–H groups in total. The van der Waals surface area contributed by atoms with Crippen molar-refractivity contribution in [3.8, 4) is 0 Å². The van der Waals surface area contributed by atoms with E-state index in [1.54, 1.807) is 0 Å². The second-order valence-corrected chi connectivity index (χ2v) is 15.1. The molecule has 3 saturated heterocycles. The van der Waals surface area contributed by atoms with Gasteiger partial charge in [0.05, 0.1) is 26.5 Å². The Morgan fingerprint density at radius 3 is 2.31 bits per heavy atom. The zero-order valence-electron chi connectivity index (χ0n) is 25.6. The third-order valence-corrected chi connectivity index (χ3v) is 12.0. The van der Waals surface area contributed by atoms with Crippen LogP contribution in [-0.2, 0) is 15.4 Å². The highest BCUT2D eigenvalue weighted by Gasteiger charge is 2.44. The van der Waals surface area contributed by atoms with Gasteiger partial charge in [0.2, 0.25) is 10.0 Å². The van der Waals surface area contributed by atoms with E-state index in [4.69, 9.17) is 21.7 Å². The van der Waals surface area contributed by atoms with Gasteiger partial charge in [0.15, 0.2) is 0 Å².